The Morgan fingerprint density at radius 2 is 1.69 bits per heavy atom. The number of carboxylic acid groups (broad SMARTS) is 1. The second-order valence-electron chi connectivity index (χ2n) is 7.67. The third kappa shape index (κ3) is 5.44. The average molecular weight is 506 g/mol. The Kier molecular flexibility index (Phi) is 7.45. The summed E-state index contributed by atoms with van der Waals surface area (Å²) >= 11 is 0. The quantitative estimate of drug-likeness (QED) is 0.323. The minimum atomic E-state index is -4.07. The molecule has 1 unspecified atom stereocenters. The number of methoxy groups -OCH3 is 1. The number of hydrogen-bond acceptors (Lipinski definition) is 8. The van der Waals surface area contributed by atoms with Crippen LogP contribution < -0.4 is 14.8 Å². The predicted octanol–water partition coefficient (Wildman–Crippen LogP) is 4.35. The first-order valence-corrected chi connectivity index (χ1v) is 12.4. The molecule has 2 heterocycles. The first-order chi connectivity index (χ1) is 17.4. The number of ether oxygens (including phenoxy) is 2. The van der Waals surface area contributed by atoms with Gasteiger partial charge in [0, 0.05) is 35.9 Å². The van der Waals surface area contributed by atoms with Gasteiger partial charge in [0.05, 0.1) is 23.3 Å². The van der Waals surface area contributed by atoms with Crippen molar-refractivity contribution in [2.24, 2.45) is 0 Å². The Morgan fingerprint density at radius 1 is 0.972 bits per heavy atom. The van der Waals surface area contributed by atoms with Gasteiger partial charge in [-0.25, -0.2) is 13.2 Å². The number of pyridine rings is 2. The zero-order valence-corrected chi connectivity index (χ0v) is 20.1. The molecule has 0 aliphatic rings. The van der Waals surface area contributed by atoms with Crippen LogP contribution in [0.3, 0.4) is 0 Å². The number of benzene rings is 2. The van der Waals surface area contributed by atoms with E-state index in [-0.39, 0.29) is 28.5 Å². The van der Waals surface area contributed by atoms with Crippen LogP contribution in [-0.4, -0.2) is 36.6 Å². The lowest BCUT2D eigenvalue weighted by Crippen LogP contribution is -2.23. The molecule has 4 aromatic rings. The van der Waals surface area contributed by atoms with Gasteiger partial charge in [-0.1, -0.05) is 18.2 Å². The summed E-state index contributed by atoms with van der Waals surface area (Å²) in [5.74, 6) is -0.559. The Morgan fingerprint density at radius 3 is 2.31 bits per heavy atom. The van der Waals surface area contributed by atoms with Crippen molar-refractivity contribution in [1.82, 2.24) is 9.97 Å². The molecule has 0 bridgehead atoms. The molecule has 0 saturated heterocycles. The van der Waals surface area contributed by atoms with E-state index >= 15 is 0 Å². The van der Waals surface area contributed by atoms with Crippen molar-refractivity contribution in [2.75, 3.05) is 12.4 Å². The molecular weight excluding hydrogens is 482 g/mol. The molecule has 4 rings (SSSR count). The van der Waals surface area contributed by atoms with Crippen LogP contribution in [0.25, 0.3) is 0 Å². The fraction of sp³-hybridized carbons (Fsp3) is 0.115. The molecule has 0 aliphatic heterocycles. The summed E-state index contributed by atoms with van der Waals surface area (Å²) in [5.41, 5.74) is 0.975. The van der Waals surface area contributed by atoms with Gasteiger partial charge in [-0.3, -0.25) is 9.97 Å². The molecule has 2 aromatic carbocycles. The second-order valence-corrected chi connectivity index (χ2v) is 9.70. The topological polar surface area (TPSA) is 128 Å². The number of sulfone groups is 1. The van der Waals surface area contributed by atoms with E-state index in [0.29, 0.717) is 11.3 Å². The number of anilines is 1. The monoisotopic (exact) mass is 505 g/mol. The average Bonchev–Trinajstić information content (AvgIpc) is 2.91. The molecule has 0 saturated carbocycles. The van der Waals surface area contributed by atoms with Crippen molar-refractivity contribution < 1.29 is 27.8 Å². The normalized spacial score (nSPS) is 11.9. The van der Waals surface area contributed by atoms with Gasteiger partial charge >= 0.3 is 5.97 Å². The SMILES string of the molecule is COc1ccc(S(=O)(=O)C(Nc2c(OCc3cccnc3)cccc2C(=O)O)c2cccnc2)cc1. The molecule has 10 heteroatoms. The van der Waals surface area contributed by atoms with E-state index in [4.69, 9.17) is 9.47 Å². The third-order valence-corrected chi connectivity index (χ3v) is 7.27. The molecule has 0 radical (unpaired) electrons. The maximum Gasteiger partial charge on any atom is 0.337 e. The summed E-state index contributed by atoms with van der Waals surface area (Å²) in [5, 5.41) is 11.4. The molecule has 0 amide bonds. The molecule has 1 atom stereocenters. The van der Waals surface area contributed by atoms with Crippen molar-refractivity contribution in [3.8, 4) is 11.5 Å². The summed E-state index contributed by atoms with van der Waals surface area (Å²) in [6.07, 6.45) is 6.19. The van der Waals surface area contributed by atoms with Crippen LogP contribution in [0, 0.1) is 0 Å². The van der Waals surface area contributed by atoms with E-state index in [1.165, 1.54) is 43.8 Å². The lowest BCUT2D eigenvalue weighted by atomic mass is 10.1. The molecule has 0 aliphatic carbocycles. The Bertz CT molecular complexity index is 1430. The summed E-state index contributed by atoms with van der Waals surface area (Å²) < 4.78 is 38.6. The number of aromatic carboxylic acids is 1. The lowest BCUT2D eigenvalue weighted by molar-refractivity contribution is 0.0697. The van der Waals surface area contributed by atoms with Gasteiger partial charge in [0.25, 0.3) is 0 Å². The van der Waals surface area contributed by atoms with Crippen molar-refractivity contribution in [3.63, 3.8) is 0 Å². The van der Waals surface area contributed by atoms with Gasteiger partial charge < -0.3 is 19.9 Å². The zero-order chi connectivity index (χ0) is 25.5. The first-order valence-electron chi connectivity index (χ1n) is 10.8. The largest absolute Gasteiger partial charge is 0.497 e. The van der Waals surface area contributed by atoms with Crippen molar-refractivity contribution >= 4 is 21.5 Å². The second kappa shape index (κ2) is 10.9. The smallest absolute Gasteiger partial charge is 0.337 e. The van der Waals surface area contributed by atoms with E-state index in [0.717, 1.165) is 5.56 Å². The van der Waals surface area contributed by atoms with Crippen LogP contribution in [0.4, 0.5) is 5.69 Å². The van der Waals surface area contributed by atoms with E-state index in [1.807, 2.05) is 6.07 Å². The van der Waals surface area contributed by atoms with Crippen molar-refractivity contribution in [2.45, 2.75) is 16.9 Å². The van der Waals surface area contributed by atoms with Crippen LogP contribution >= 0.6 is 0 Å². The number of carboxylic acids is 1. The molecular formula is C26H23N3O6S. The van der Waals surface area contributed by atoms with E-state index in [2.05, 4.69) is 15.3 Å². The van der Waals surface area contributed by atoms with Crippen LogP contribution in [0.15, 0.2) is 96.4 Å². The minimum Gasteiger partial charge on any atom is -0.497 e. The highest BCUT2D eigenvalue weighted by Gasteiger charge is 2.32. The molecule has 36 heavy (non-hydrogen) atoms. The van der Waals surface area contributed by atoms with Gasteiger partial charge in [0.2, 0.25) is 9.84 Å². The van der Waals surface area contributed by atoms with E-state index in [1.54, 1.807) is 48.8 Å². The van der Waals surface area contributed by atoms with E-state index in [9.17, 15) is 18.3 Å². The Labute approximate surface area is 208 Å². The number of carbonyl (C=O) groups is 1. The van der Waals surface area contributed by atoms with Gasteiger partial charge in [-0.2, -0.15) is 0 Å². The molecule has 9 nitrogen and oxygen atoms in total. The van der Waals surface area contributed by atoms with Gasteiger partial charge in [0.1, 0.15) is 18.1 Å². The molecule has 0 fully saturated rings. The maximum atomic E-state index is 13.8. The number of rotatable bonds is 10. The number of nitrogens with one attached hydrogen (secondary N) is 1. The summed E-state index contributed by atoms with van der Waals surface area (Å²) in [6, 6.07) is 17.2. The summed E-state index contributed by atoms with van der Waals surface area (Å²) in [4.78, 5) is 20.2. The molecule has 2 N–H and O–H groups in total. The highest BCUT2D eigenvalue weighted by Crippen LogP contribution is 2.37. The maximum absolute atomic E-state index is 13.8. The highest BCUT2D eigenvalue weighted by atomic mass is 32.2. The zero-order valence-electron chi connectivity index (χ0n) is 19.2. The minimum absolute atomic E-state index is 0.0234. The number of aromatic nitrogens is 2. The van der Waals surface area contributed by atoms with Gasteiger partial charge in [-0.05, 0) is 48.5 Å². The number of nitrogens with zero attached hydrogens (tertiary/aromatic N) is 2. The first kappa shape index (κ1) is 24.7. The third-order valence-electron chi connectivity index (χ3n) is 5.33. The predicted molar refractivity (Wildman–Crippen MR) is 133 cm³/mol. The number of hydrogen-bond donors (Lipinski definition) is 2. The number of para-hydroxylation sites is 1. The highest BCUT2D eigenvalue weighted by molar-refractivity contribution is 7.91. The van der Waals surface area contributed by atoms with Crippen molar-refractivity contribution in [3.05, 3.63) is 108 Å². The van der Waals surface area contributed by atoms with Gasteiger partial charge in [-0.15, -0.1) is 0 Å². The van der Waals surface area contributed by atoms with Crippen LogP contribution in [0.5, 0.6) is 11.5 Å². The Balaban J connectivity index is 1.78. The molecule has 0 spiro atoms. The summed E-state index contributed by atoms with van der Waals surface area (Å²) in [6.45, 7) is 0.106. The summed E-state index contributed by atoms with van der Waals surface area (Å²) in [7, 11) is -2.58. The standard InChI is InChI=1S/C26H23N3O6S/c1-34-20-9-11-21(12-10-20)36(32,33)25(19-6-4-14-28-16-19)29-24-22(26(30)31)7-2-8-23(24)35-17-18-5-3-13-27-15-18/h2-16,25,29H,17H2,1H3,(H,30,31). The van der Waals surface area contributed by atoms with Crippen LogP contribution in [-0.2, 0) is 16.4 Å². The van der Waals surface area contributed by atoms with Crippen LogP contribution in [0.1, 0.15) is 26.9 Å². The molecule has 184 valence electrons. The molecule has 2 aromatic heterocycles. The van der Waals surface area contributed by atoms with Crippen molar-refractivity contribution in [1.29, 1.82) is 0 Å². The fourth-order valence-corrected chi connectivity index (χ4v) is 5.09. The Hall–Kier alpha value is -4.44. The van der Waals surface area contributed by atoms with Gasteiger partial charge in [0.15, 0.2) is 5.37 Å². The van der Waals surface area contributed by atoms with E-state index < -0.39 is 21.2 Å². The fourth-order valence-electron chi connectivity index (χ4n) is 3.53. The van der Waals surface area contributed by atoms with Crippen LogP contribution in [0.2, 0.25) is 0 Å². The lowest BCUT2D eigenvalue weighted by Gasteiger charge is -2.23.